The number of alkyl halides is 3. The van der Waals surface area contributed by atoms with Crippen LogP contribution in [0, 0.1) is 13.8 Å². The molecule has 1 atom stereocenters. The van der Waals surface area contributed by atoms with Crippen LogP contribution in [-0.4, -0.2) is 27.0 Å². The van der Waals surface area contributed by atoms with Gasteiger partial charge in [0.1, 0.15) is 5.82 Å². The van der Waals surface area contributed by atoms with Gasteiger partial charge in [0.05, 0.1) is 33.9 Å². The van der Waals surface area contributed by atoms with E-state index in [0.717, 1.165) is 17.2 Å². The van der Waals surface area contributed by atoms with Crippen LogP contribution in [0.25, 0.3) is 16.6 Å². The van der Waals surface area contributed by atoms with E-state index in [1.807, 2.05) is 32.0 Å². The third kappa shape index (κ3) is 5.07. The van der Waals surface area contributed by atoms with E-state index in [1.54, 1.807) is 38.1 Å². The Balaban J connectivity index is 1.83. The third-order valence-corrected chi connectivity index (χ3v) is 6.31. The van der Waals surface area contributed by atoms with Crippen molar-refractivity contribution in [2.75, 3.05) is 11.9 Å². The first-order valence-electron chi connectivity index (χ1n) is 11.9. The maximum atomic E-state index is 13.7. The number of benzene rings is 3. The predicted octanol–water partition coefficient (Wildman–Crippen LogP) is 6.64. The maximum Gasteiger partial charge on any atom is 0.418 e. The van der Waals surface area contributed by atoms with Gasteiger partial charge in [-0.25, -0.2) is 9.78 Å². The molecule has 1 aromatic heterocycles. The number of nitrogens with zero attached hydrogens (tertiary/aromatic N) is 3. The van der Waals surface area contributed by atoms with Crippen molar-refractivity contribution in [3.05, 3.63) is 99.6 Å². The number of hydrogen-bond donors (Lipinski definition) is 1. The summed E-state index contributed by atoms with van der Waals surface area (Å²) in [6.07, 6.45) is -4.63. The Kier molecular flexibility index (Phi) is 7.07. The van der Waals surface area contributed by atoms with E-state index < -0.39 is 23.8 Å². The molecule has 0 aliphatic rings. The van der Waals surface area contributed by atoms with E-state index in [0.29, 0.717) is 22.4 Å². The highest BCUT2D eigenvalue weighted by molar-refractivity contribution is 5.90. The Morgan fingerprint density at radius 3 is 2.41 bits per heavy atom. The number of nitrogens with one attached hydrogen (secondary N) is 1. The molecule has 1 heterocycles. The monoisotopic (exact) mass is 508 g/mol. The fourth-order valence-electron chi connectivity index (χ4n) is 4.48. The molecular formula is C28H27F3N4O2. The summed E-state index contributed by atoms with van der Waals surface area (Å²) < 4.78 is 42.0. The minimum Gasteiger partial charge on any atom is -0.315 e. The van der Waals surface area contributed by atoms with Crippen LogP contribution in [0.5, 0.6) is 0 Å². The molecule has 3 aromatic carbocycles. The van der Waals surface area contributed by atoms with Gasteiger partial charge in [0, 0.05) is 6.54 Å². The van der Waals surface area contributed by atoms with Crippen molar-refractivity contribution in [2.45, 2.75) is 39.9 Å². The first-order valence-corrected chi connectivity index (χ1v) is 11.9. The number of aryl methyl sites for hydroxylation is 2. The summed E-state index contributed by atoms with van der Waals surface area (Å²) in [6.45, 7) is 7.42. The number of fused-ring (bicyclic) bond motifs is 1. The number of carbonyl (C=O) groups excluding carboxylic acids is 1. The second-order valence-corrected chi connectivity index (χ2v) is 8.85. The number of urea groups is 1. The van der Waals surface area contributed by atoms with Gasteiger partial charge in [-0.3, -0.25) is 9.36 Å². The molecular weight excluding hydrogens is 481 g/mol. The quantitative estimate of drug-likeness (QED) is 0.329. The number of aromatic nitrogens is 2. The minimum absolute atomic E-state index is 0.163. The van der Waals surface area contributed by atoms with E-state index in [1.165, 1.54) is 27.7 Å². The largest absolute Gasteiger partial charge is 0.418 e. The maximum absolute atomic E-state index is 13.7. The normalized spacial score (nSPS) is 12.4. The molecule has 0 saturated carbocycles. The van der Waals surface area contributed by atoms with E-state index >= 15 is 0 Å². The molecule has 0 fully saturated rings. The molecule has 0 aliphatic carbocycles. The molecule has 4 rings (SSSR count). The summed E-state index contributed by atoms with van der Waals surface area (Å²) in [5.41, 5.74) is 1.38. The standard InChI is InChI=1S/C28H27F3N4O2/c1-5-34(27(37)33-23-13-9-7-11-21(23)28(29,30)31)19(4)25-32-22-12-8-6-10-20(22)26(36)35(25)24-15-14-17(2)16-18(24)3/h6-16,19H,5H2,1-4H3,(H,33,37). The molecule has 4 aromatic rings. The number of anilines is 1. The molecule has 2 amide bonds. The highest BCUT2D eigenvalue weighted by atomic mass is 19.4. The molecule has 1 N–H and O–H groups in total. The number of amides is 2. The molecule has 6 nitrogen and oxygen atoms in total. The SMILES string of the molecule is CCN(C(=O)Nc1ccccc1C(F)(F)F)C(C)c1nc2ccccc2c(=O)n1-c1ccc(C)cc1C. The summed E-state index contributed by atoms with van der Waals surface area (Å²) in [6, 6.07) is 15.9. The smallest absolute Gasteiger partial charge is 0.315 e. The Hall–Kier alpha value is -4.14. The van der Waals surface area contributed by atoms with Gasteiger partial charge in [-0.1, -0.05) is 42.0 Å². The van der Waals surface area contributed by atoms with Crippen molar-refractivity contribution in [3.8, 4) is 5.69 Å². The van der Waals surface area contributed by atoms with E-state index in [4.69, 9.17) is 4.98 Å². The van der Waals surface area contributed by atoms with Gasteiger partial charge in [-0.15, -0.1) is 0 Å². The third-order valence-electron chi connectivity index (χ3n) is 6.31. The van der Waals surface area contributed by atoms with Crippen LogP contribution < -0.4 is 10.9 Å². The number of rotatable bonds is 5. The Morgan fingerprint density at radius 2 is 1.73 bits per heavy atom. The lowest BCUT2D eigenvalue weighted by atomic mass is 10.1. The summed E-state index contributed by atoms with van der Waals surface area (Å²) in [4.78, 5) is 33.1. The van der Waals surface area contributed by atoms with Gasteiger partial charge in [-0.2, -0.15) is 13.2 Å². The lowest BCUT2D eigenvalue weighted by Gasteiger charge is -2.30. The number of carbonyl (C=O) groups is 1. The average molecular weight is 509 g/mol. The first-order chi connectivity index (χ1) is 17.5. The van der Waals surface area contributed by atoms with Gasteiger partial charge >= 0.3 is 12.2 Å². The van der Waals surface area contributed by atoms with Crippen molar-refractivity contribution in [1.82, 2.24) is 14.5 Å². The molecule has 0 saturated heterocycles. The Labute approximate surface area is 212 Å². The Bertz CT molecular complexity index is 1530. The summed E-state index contributed by atoms with van der Waals surface area (Å²) in [5.74, 6) is 0.303. The van der Waals surface area contributed by atoms with Crippen molar-refractivity contribution >= 4 is 22.6 Å². The number of halogens is 3. The second kappa shape index (κ2) is 10.1. The van der Waals surface area contributed by atoms with Gasteiger partial charge in [0.25, 0.3) is 5.56 Å². The molecule has 9 heteroatoms. The lowest BCUT2D eigenvalue weighted by molar-refractivity contribution is -0.136. The van der Waals surface area contributed by atoms with Crippen LogP contribution in [0.1, 0.15) is 42.4 Å². The van der Waals surface area contributed by atoms with Crippen molar-refractivity contribution in [1.29, 1.82) is 0 Å². The number of hydrogen-bond acceptors (Lipinski definition) is 3. The molecule has 0 radical (unpaired) electrons. The zero-order valence-corrected chi connectivity index (χ0v) is 20.9. The Morgan fingerprint density at radius 1 is 1.05 bits per heavy atom. The van der Waals surface area contributed by atoms with Gasteiger partial charge in [0.2, 0.25) is 0 Å². The van der Waals surface area contributed by atoms with Crippen LogP contribution in [0.2, 0.25) is 0 Å². The molecule has 37 heavy (non-hydrogen) atoms. The summed E-state index contributed by atoms with van der Waals surface area (Å²) >= 11 is 0. The van der Waals surface area contributed by atoms with Crippen LogP contribution in [0.3, 0.4) is 0 Å². The number of para-hydroxylation sites is 2. The van der Waals surface area contributed by atoms with Crippen molar-refractivity contribution in [2.24, 2.45) is 0 Å². The van der Waals surface area contributed by atoms with Crippen molar-refractivity contribution in [3.63, 3.8) is 0 Å². The van der Waals surface area contributed by atoms with E-state index in [9.17, 15) is 22.8 Å². The second-order valence-electron chi connectivity index (χ2n) is 8.85. The summed E-state index contributed by atoms with van der Waals surface area (Å²) in [7, 11) is 0. The zero-order chi connectivity index (χ0) is 26.9. The highest BCUT2D eigenvalue weighted by Crippen LogP contribution is 2.35. The van der Waals surface area contributed by atoms with Crippen LogP contribution in [0.4, 0.5) is 23.7 Å². The van der Waals surface area contributed by atoms with Crippen molar-refractivity contribution < 1.29 is 18.0 Å². The predicted molar refractivity (Wildman–Crippen MR) is 138 cm³/mol. The fraction of sp³-hybridized carbons (Fsp3) is 0.250. The topological polar surface area (TPSA) is 67.2 Å². The molecule has 1 unspecified atom stereocenters. The van der Waals surface area contributed by atoms with Gasteiger partial charge < -0.3 is 10.2 Å². The van der Waals surface area contributed by atoms with E-state index in [2.05, 4.69) is 5.32 Å². The minimum atomic E-state index is -4.63. The van der Waals surface area contributed by atoms with E-state index in [-0.39, 0.29) is 17.8 Å². The van der Waals surface area contributed by atoms with Crippen LogP contribution >= 0.6 is 0 Å². The zero-order valence-electron chi connectivity index (χ0n) is 20.9. The van der Waals surface area contributed by atoms with Crippen LogP contribution in [0.15, 0.2) is 71.5 Å². The van der Waals surface area contributed by atoms with Gasteiger partial charge in [-0.05, 0) is 63.6 Å². The summed E-state index contributed by atoms with van der Waals surface area (Å²) in [5, 5.41) is 2.82. The molecule has 0 aliphatic heterocycles. The average Bonchev–Trinajstić information content (AvgIpc) is 2.84. The van der Waals surface area contributed by atoms with Crippen LogP contribution in [-0.2, 0) is 6.18 Å². The fourth-order valence-corrected chi connectivity index (χ4v) is 4.48. The lowest BCUT2D eigenvalue weighted by Crippen LogP contribution is -2.40. The molecule has 0 spiro atoms. The van der Waals surface area contributed by atoms with Gasteiger partial charge in [0.15, 0.2) is 0 Å². The first kappa shape index (κ1) is 25.9. The highest BCUT2D eigenvalue weighted by Gasteiger charge is 2.34. The molecule has 0 bridgehead atoms. The molecule has 192 valence electrons.